The van der Waals surface area contributed by atoms with Gasteiger partial charge in [-0.2, -0.15) is 0 Å². The van der Waals surface area contributed by atoms with Crippen molar-refractivity contribution in [2.45, 2.75) is 39.6 Å². The molecule has 1 N–H and O–H groups in total. The second-order valence-corrected chi connectivity index (χ2v) is 5.45. The van der Waals surface area contributed by atoms with Crippen LogP contribution in [0.3, 0.4) is 0 Å². The predicted molar refractivity (Wildman–Crippen MR) is 72.1 cm³/mol. The zero-order valence-electron chi connectivity index (χ0n) is 10.7. The van der Waals surface area contributed by atoms with Gasteiger partial charge in [0.2, 0.25) is 0 Å². The highest BCUT2D eigenvalue weighted by Gasteiger charge is 2.08. The van der Waals surface area contributed by atoms with Crippen LogP contribution in [-0.2, 0) is 6.54 Å². The van der Waals surface area contributed by atoms with Gasteiger partial charge in [-0.3, -0.25) is 0 Å². The summed E-state index contributed by atoms with van der Waals surface area (Å²) < 4.78 is 0. The first-order valence-electron chi connectivity index (χ1n) is 5.91. The molecule has 1 unspecified atom stereocenters. The van der Waals surface area contributed by atoms with Crippen molar-refractivity contribution >= 4 is 11.6 Å². The molecule has 1 nitrogen and oxygen atoms in total. The van der Waals surface area contributed by atoms with Gasteiger partial charge in [0.25, 0.3) is 0 Å². The van der Waals surface area contributed by atoms with Crippen LogP contribution in [0.1, 0.15) is 30.5 Å². The molecule has 0 aliphatic carbocycles. The van der Waals surface area contributed by atoms with Crippen LogP contribution in [0, 0.1) is 19.8 Å². The SMILES string of the molecule is Cc1cc(C)cc(CNCC(Cl)C(C)C)c1. The van der Waals surface area contributed by atoms with Crippen LogP contribution in [0.2, 0.25) is 0 Å². The lowest BCUT2D eigenvalue weighted by atomic mass is 10.1. The zero-order valence-corrected chi connectivity index (χ0v) is 11.4. The zero-order chi connectivity index (χ0) is 12.1. The molecule has 1 aromatic rings. The van der Waals surface area contributed by atoms with Crippen molar-refractivity contribution in [2.24, 2.45) is 5.92 Å². The summed E-state index contributed by atoms with van der Waals surface area (Å²) in [5.74, 6) is 0.522. The summed E-state index contributed by atoms with van der Waals surface area (Å²) in [6.07, 6.45) is 0. The van der Waals surface area contributed by atoms with Crippen LogP contribution in [0.5, 0.6) is 0 Å². The molecule has 90 valence electrons. The van der Waals surface area contributed by atoms with E-state index >= 15 is 0 Å². The maximum absolute atomic E-state index is 6.18. The predicted octanol–water partition coefficient (Wildman–Crippen LogP) is 3.66. The first kappa shape index (κ1) is 13.5. The van der Waals surface area contributed by atoms with E-state index in [1.165, 1.54) is 16.7 Å². The molecule has 1 aromatic carbocycles. The van der Waals surface area contributed by atoms with Gasteiger partial charge in [0, 0.05) is 18.5 Å². The quantitative estimate of drug-likeness (QED) is 0.774. The second-order valence-electron chi connectivity index (χ2n) is 4.89. The molecule has 2 heteroatoms. The molecule has 0 saturated carbocycles. The third kappa shape index (κ3) is 4.54. The van der Waals surface area contributed by atoms with Gasteiger partial charge >= 0.3 is 0 Å². The highest BCUT2D eigenvalue weighted by atomic mass is 35.5. The van der Waals surface area contributed by atoms with Crippen molar-refractivity contribution in [1.82, 2.24) is 5.32 Å². The molecule has 0 aromatic heterocycles. The fourth-order valence-corrected chi connectivity index (χ4v) is 1.87. The molecular weight excluding hydrogens is 218 g/mol. The molecule has 0 saturated heterocycles. The summed E-state index contributed by atoms with van der Waals surface area (Å²) in [5.41, 5.74) is 3.98. The first-order chi connectivity index (χ1) is 7.49. The number of hydrogen-bond donors (Lipinski definition) is 1. The molecular formula is C14H22ClN. The van der Waals surface area contributed by atoms with Crippen LogP contribution >= 0.6 is 11.6 Å². The molecule has 0 aliphatic heterocycles. The largest absolute Gasteiger partial charge is 0.311 e. The summed E-state index contributed by atoms with van der Waals surface area (Å²) in [7, 11) is 0. The lowest BCUT2D eigenvalue weighted by Gasteiger charge is -2.14. The third-order valence-electron chi connectivity index (χ3n) is 2.67. The molecule has 1 rings (SSSR count). The van der Waals surface area contributed by atoms with Crippen LogP contribution in [0.4, 0.5) is 0 Å². The van der Waals surface area contributed by atoms with E-state index in [4.69, 9.17) is 11.6 Å². The molecule has 0 heterocycles. The minimum atomic E-state index is 0.214. The van der Waals surface area contributed by atoms with Crippen LogP contribution < -0.4 is 5.32 Å². The van der Waals surface area contributed by atoms with E-state index in [9.17, 15) is 0 Å². The summed E-state index contributed by atoms with van der Waals surface area (Å²) in [6.45, 7) is 10.3. The van der Waals surface area contributed by atoms with Crippen molar-refractivity contribution in [1.29, 1.82) is 0 Å². The Kier molecular flexibility index (Phi) is 5.30. The van der Waals surface area contributed by atoms with E-state index < -0.39 is 0 Å². The van der Waals surface area contributed by atoms with E-state index in [1.807, 2.05) is 0 Å². The topological polar surface area (TPSA) is 12.0 Å². The van der Waals surface area contributed by atoms with Crippen molar-refractivity contribution in [3.05, 3.63) is 34.9 Å². The maximum Gasteiger partial charge on any atom is 0.0483 e. The molecule has 0 spiro atoms. The molecule has 16 heavy (non-hydrogen) atoms. The van der Waals surface area contributed by atoms with Gasteiger partial charge in [-0.15, -0.1) is 11.6 Å². The van der Waals surface area contributed by atoms with Crippen LogP contribution in [0.25, 0.3) is 0 Å². The van der Waals surface area contributed by atoms with Crippen molar-refractivity contribution in [2.75, 3.05) is 6.54 Å². The van der Waals surface area contributed by atoms with Gasteiger partial charge in [0.15, 0.2) is 0 Å². The van der Waals surface area contributed by atoms with Gasteiger partial charge in [-0.05, 0) is 25.3 Å². The van der Waals surface area contributed by atoms with Gasteiger partial charge in [0.05, 0.1) is 0 Å². The Hall–Kier alpha value is -0.530. The van der Waals surface area contributed by atoms with E-state index in [0.717, 1.165) is 13.1 Å². The van der Waals surface area contributed by atoms with Crippen LogP contribution in [0.15, 0.2) is 18.2 Å². The smallest absolute Gasteiger partial charge is 0.0483 e. The van der Waals surface area contributed by atoms with E-state index in [2.05, 4.69) is 51.2 Å². The Balaban J connectivity index is 2.43. The van der Waals surface area contributed by atoms with Gasteiger partial charge in [0.1, 0.15) is 0 Å². The van der Waals surface area contributed by atoms with Crippen LogP contribution in [-0.4, -0.2) is 11.9 Å². The molecule has 0 amide bonds. The highest BCUT2D eigenvalue weighted by molar-refractivity contribution is 6.20. The number of halogens is 1. The first-order valence-corrected chi connectivity index (χ1v) is 6.34. The monoisotopic (exact) mass is 239 g/mol. The average molecular weight is 240 g/mol. The minimum absolute atomic E-state index is 0.214. The lowest BCUT2D eigenvalue weighted by Crippen LogP contribution is -2.26. The number of aryl methyl sites for hydroxylation is 2. The Morgan fingerprint density at radius 1 is 1.12 bits per heavy atom. The van der Waals surface area contributed by atoms with Gasteiger partial charge in [-0.25, -0.2) is 0 Å². The number of hydrogen-bond acceptors (Lipinski definition) is 1. The fourth-order valence-electron chi connectivity index (χ4n) is 1.76. The highest BCUT2D eigenvalue weighted by Crippen LogP contribution is 2.10. The van der Waals surface area contributed by atoms with E-state index in [1.54, 1.807) is 0 Å². The normalized spacial score (nSPS) is 13.1. The Morgan fingerprint density at radius 3 is 2.19 bits per heavy atom. The minimum Gasteiger partial charge on any atom is -0.311 e. The molecule has 0 bridgehead atoms. The standard InChI is InChI=1S/C14H22ClN/c1-10(2)14(15)9-16-8-13-6-11(3)5-12(4)7-13/h5-7,10,14,16H,8-9H2,1-4H3. The molecule has 0 fully saturated rings. The molecule has 0 radical (unpaired) electrons. The second kappa shape index (κ2) is 6.27. The van der Waals surface area contributed by atoms with Gasteiger partial charge in [-0.1, -0.05) is 43.2 Å². The third-order valence-corrected chi connectivity index (χ3v) is 3.33. The molecule has 0 aliphatic rings. The van der Waals surface area contributed by atoms with E-state index in [0.29, 0.717) is 5.92 Å². The number of rotatable bonds is 5. The Labute approximate surface area is 104 Å². The summed E-state index contributed by atoms with van der Waals surface area (Å²) in [4.78, 5) is 0. The summed E-state index contributed by atoms with van der Waals surface area (Å²) in [5, 5.41) is 3.62. The van der Waals surface area contributed by atoms with E-state index in [-0.39, 0.29) is 5.38 Å². The number of nitrogens with one attached hydrogen (secondary N) is 1. The number of alkyl halides is 1. The molecule has 1 atom stereocenters. The fraction of sp³-hybridized carbons (Fsp3) is 0.571. The van der Waals surface area contributed by atoms with Gasteiger partial charge < -0.3 is 5.32 Å². The number of benzene rings is 1. The van der Waals surface area contributed by atoms with Crippen molar-refractivity contribution in [3.63, 3.8) is 0 Å². The average Bonchev–Trinajstić information content (AvgIpc) is 2.15. The Bertz CT molecular complexity index is 313. The Morgan fingerprint density at radius 2 is 1.69 bits per heavy atom. The summed E-state index contributed by atoms with van der Waals surface area (Å²) >= 11 is 6.18. The van der Waals surface area contributed by atoms with Crippen molar-refractivity contribution in [3.8, 4) is 0 Å². The summed E-state index contributed by atoms with van der Waals surface area (Å²) in [6, 6.07) is 6.64. The lowest BCUT2D eigenvalue weighted by molar-refractivity contribution is 0.546. The maximum atomic E-state index is 6.18. The van der Waals surface area contributed by atoms with Crippen molar-refractivity contribution < 1.29 is 0 Å².